The van der Waals surface area contributed by atoms with Crippen LogP contribution in [0.3, 0.4) is 0 Å². The van der Waals surface area contributed by atoms with Crippen molar-refractivity contribution in [2.75, 3.05) is 0 Å². The molecule has 0 heterocycles. The van der Waals surface area contributed by atoms with Crippen LogP contribution in [-0.2, 0) is 25.6 Å². The van der Waals surface area contributed by atoms with Crippen molar-refractivity contribution in [3.8, 4) is 0 Å². The van der Waals surface area contributed by atoms with Gasteiger partial charge in [-0.15, -0.1) is 6.58 Å². The number of carbonyl (C=O) groups excluding carboxylic acids is 1. The van der Waals surface area contributed by atoms with E-state index < -0.39 is 54.3 Å². The summed E-state index contributed by atoms with van der Waals surface area (Å²) in [7, 11) is -4.51. The highest BCUT2D eigenvalue weighted by Gasteiger charge is 2.52. The van der Waals surface area contributed by atoms with Crippen molar-refractivity contribution in [2.24, 2.45) is 5.92 Å². The SMILES string of the molecule is C=CC[C@H]1C[C@@](c2cc(F)ccc2F)(S(=O)(=O)c2ccc(C(F)(F)F)cc2)CCC1=O.S.S. The lowest BCUT2D eigenvalue weighted by Gasteiger charge is -2.40. The molecule has 1 aliphatic rings. The first-order valence-electron chi connectivity index (χ1n) is 9.43. The number of halogens is 5. The predicted octanol–water partition coefficient (Wildman–Crippen LogP) is 5.82. The van der Waals surface area contributed by atoms with Gasteiger partial charge in [0.25, 0.3) is 0 Å². The molecule has 0 unspecified atom stereocenters. The van der Waals surface area contributed by atoms with E-state index in [0.717, 1.165) is 30.3 Å². The Bertz CT molecular complexity index is 1120. The minimum atomic E-state index is -4.67. The van der Waals surface area contributed by atoms with Crippen LogP contribution in [0.25, 0.3) is 0 Å². The van der Waals surface area contributed by atoms with Gasteiger partial charge in [-0.3, -0.25) is 4.79 Å². The molecule has 1 aliphatic carbocycles. The number of ketones is 1. The van der Waals surface area contributed by atoms with Crippen LogP contribution in [-0.4, -0.2) is 14.2 Å². The molecule has 3 nitrogen and oxygen atoms in total. The normalized spacial score (nSPS) is 21.0. The number of Topliss-reactive ketones (excluding diaryl/α,β-unsaturated/α-hetero) is 1. The second kappa shape index (κ2) is 10.6. The van der Waals surface area contributed by atoms with Gasteiger partial charge < -0.3 is 0 Å². The number of allylic oxidation sites excluding steroid dienone is 1. The monoisotopic (exact) mass is 526 g/mol. The Labute approximate surface area is 202 Å². The molecule has 0 saturated heterocycles. The van der Waals surface area contributed by atoms with Crippen molar-refractivity contribution in [3.05, 3.63) is 77.9 Å². The summed E-state index contributed by atoms with van der Waals surface area (Å²) in [4.78, 5) is 11.9. The summed E-state index contributed by atoms with van der Waals surface area (Å²) < 4.78 is 92.8. The quantitative estimate of drug-likeness (QED) is 0.364. The van der Waals surface area contributed by atoms with E-state index in [1.54, 1.807) is 0 Å². The highest BCUT2D eigenvalue weighted by Crippen LogP contribution is 2.49. The third-order valence-corrected chi connectivity index (χ3v) is 8.20. The average Bonchev–Trinajstić information content (AvgIpc) is 2.71. The minimum absolute atomic E-state index is 0. The maximum absolute atomic E-state index is 14.8. The number of hydrogen-bond donors (Lipinski definition) is 0. The zero-order valence-electron chi connectivity index (χ0n) is 17.3. The van der Waals surface area contributed by atoms with E-state index >= 15 is 0 Å². The fraction of sp³-hybridized carbons (Fsp3) is 0.318. The van der Waals surface area contributed by atoms with E-state index in [1.165, 1.54) is 6.08 Å². The number of carbonyl (C=O) groups is 1. The highest BCUT2D eigenvalue weighted by molar-refractivity contribution is 7.92. The van der Waals surface area contributed by atoms with Crippen molar-refractivity contribution in [2.45, 2.75) is 41.5 Å². The third-order valence-electron chi connectivity index (χ3n) is 5.68. The molecule has 0 spiro atoms. The van der Waals surface area contributed by atoms with E-state index in [-0.39, 0.29) is 58.5 Å². The Morgan fingerprint density at radius 1 is 1.06 bits per heavy atom. The van der Waals surface area contributed by atoms with Crippen molar-refractivity contribution >= 4 is 42.6 Å². The van der Waals surface area contributed by atoms with Gasteiger partial charge in [-0.05, 0) is 61.7 Å². The summed E-state index contributed by atoms with van der Waals surface area (Å²) in [6, 6.07) is 5.26. The molecule has 0 bridgehead atoms. The molecule has 0 radical (unpaired) electrons. The van der Waals surface area contributed by atoms with E-state index in [4.69, 9.17) is 0 Å². The van der Waals surface area contributed by atoms with E-state index in [9.17, 15) is 35.2 Å². The van der Waals surface area contributed by atoms with Gasteiger partial charge in [0.15, 0.2) is 9.84 Å². The predicted molar refractivity (Wildman–Crippen MR) is 125 cm³/mol. The Morgan fingerprint density at radius 2 is 1.67 bits per heavy atom. The van der Waals surface area contributed by atoms with Crippen LogP contribution in [0.2, 0.25) is 0 Å². The molecule has 3 rings (SSSR count). The Balaban J connectivity index is 0.00000272. The standard InChI is InChI=1S/C22H19F5O3S.2H2S/c1-2-3-14-13-21(11-10-20(14)28,18-12-16(23)6-9-19(18)24)31(29,30)17-7-4-15(5-8-17)22(25,26)27;;/h2,4-9,12,14H,1,3,10-11,13H2;2*1H2/t14-,21-;;/m0../s1. The summed E-state index contributed by atoms with van der Waals surface area (Å²) in [6.45, 7) is 3.55. The zero-order chi connectivity index (χ0) is 23.0. The summed E-state index contributed by atoms with van der Waals surface area (Å²) in [5.41, 5.74) is -1.48. The molecule has 182 valence electrons. The summed E-state index contributed by atoms with van der Waals surface area (Å²) in [5, 5.41) is 0. The van der Waals surface area contributed by atoms with Crippen molar-refractivity contribution < 1.29 is 35.2 Å². The van der Waals surface area contributed by atoms with Gasteiger partial charge in [-0.2, -0.15) is 40.2 Å². The van der Waals surface area contributed by atoms with Crippen molar-refractivity contribution in [1.29, 1.82) is 0 Å². The van der Waals surface area contributed by atoms with Crippen LogP contribution in [0.4, 0.5) is 22.0 Å². The first kappa shape index (κ1) is 29.2. The lowest BCUT2D eigenvalue weighted by Crippen LogP contribution is -2.44. The number of sulfone groups is 1. The maximum Gasteiger partial charge on any atom is 0.416 e. The van der Waals surface area contributed by atoms with Crippen LogP contribution < -0.4 is 0 Å². The number of rotatable bonds is 5. The fourth-order valence-corrected chi connectivity index (χ4v) is 6.27. The number of benzene rings is 2. The lowest BCUT2D eigenvalue weighted by atomic mass is 9.75. The first-order valence-corrected chi connectivity index (χ1v) is 10.9. The maximum atomic E-state index is 14.8. The molecule has 0 N–H and O–H groups in total. The molecule has 2 atom stereocenters. The van der Waals surface area contributed by atoms with Gasteiger partial charge in [-0.25, -0.2) is 17.2 Å². The molecular formula is C22H23F5O3S3. The van der Waals surface area contributed by atoms with E-state index in [2.05, 4.69) is 6.58 Å². The Morgan fingerprint density at radius 3 is 2.21 bits per heavy atom. The third kappa shape index (κ3) is 5.46. The fourth-order valence-electron chi connectivity index (χ4n) is 4.09. The second-order valence-corrected chi connectivity index (χ2v) is 9.80. The summed E-state index contributed by atoms with van der Waals surface area (Å²) >= 11 is 0. The molecule has 11 heteroatoms. The van der Waals surface area contributed by atoms with Crippen LogP contribution >= 0.6 is 27.0 Å². The van der Waals surface area contributed by atoms with Crippen LogP contribution in [0.15, 0.2) is 60.0 Å². The zero-order valence-corrected chi connectivity index (χ0v) is 20.1. The van der Waals surface area contributed by atoms with Crippen molar-refractivity contribution in [3.63, 3.8) is 0 Å². The molecule has 33 heavy (non-hydrogen) atoms. The molecule has 0 aliphatic heterocycles. The smallest absolute Gasteiger partial charge is 0.299 e. The van der Waals surface area contributed by atoms with Gasteiger partial charge in [0.2, 0.25) is 0 Å². The molecule has 2 aromatic rings. The van der Waals surface area contributed by atoms with Crippen LogP contribution in [0.1, 0.15) is 36.8 Å². The topological polar surface area (TPSA) is 51.2 Å². The summed E-state index contributed by atoms with van der Waals surface area (Å²) in [6.07, 6.45) is -3.94. The lowest BCUT2D eigenvalue weighted by molar-refractivity contribution is -0.137. The Hall–Kier alpha value is -1.85. The largest absolute Gasteiger partial charge is 0.416 e. The summed E-state index contributed by atoms with van der Waals surface area (Å²) in [5.74, 6) is -2.85. The number of alkyl halides is 3. The van der Waals surface area contributed by atoms with Gasteiger partial charge in [0.05, 0.1) is 10.5 Å². The first-order chi connectivity index (χ1) is 14.4. The Kier molecular flexibility index (Phi) is 9.38. The molecule has 1 fully saturated rings. The van der Waals surface area contributed by atoms with Gasteiger partial charge in [0.1, 0.15) is 22.2 Å². The van der Waals surface area contributed by atoms with E-state index in [0.29, 0.717) is 12.1 Å². The molecule has 1 saturated carbocycles. The van der Waals surface area contributed by atoms with Gasteiger partial charge in [0, 0.05) is 17.9 Å². The molecule has 2 aromatic carbocycles. The second-order valence-electron chi connectivity index (χ2n) is 7.54. The van der Waals surface area contributed by atoms with E-state index in [1.807, 2.05) is 0 Å². The number of hydrogen-bond acceptors (Lipinski definition) is 3. The molecule has 0 amide bonds. The van der Waals surface area contributed by atoms with Gasteiger partial charge in [-0.1, -0.05) is 6.08 Å². The van der Waals surface area contributed by atoms with Gasteiger partial charge >= 0.3 is 6.18 Å². The van der Waals surface area contributed by atoms with Crippen LogP contribution in [0.5, 0.6) is 0 Å². The highest BCUT2D eigenvalue weighted by atomic mass is 32.2. The van der Waals surface area contributed by atoms with Crippen molar-refractivity contribution in [1.82, 2.24) is 0 Å². The average molecular weight is 527 g/mol. The molecular weight excluding hydrogens is 503 g/mol. The minimum Gasteiger partial charge on any atom is -0.299 e. The van der Waals surface area contributed by atoms with Crippen LogP contribution in [0, 0.1) is 17.6 Å². The molecule has 0 aromatic heterocycles.